The Bertz CT molecular complexity index is 1070. The minimum Gasteiger partial charge on any atom is -0.480 e. The number of aliphatic carboxylic acids is 1. The van der Waals surface area contributed by atoms with E-state index in [2.05, 4.69) is 26.6 Å². The summed E-state index contributed by atoms with van der Waals surface area (Å²) >= 11 is 0. The van der Waals surface area contributed by atoms with Crippen molar-refractivity contribution in [2.75, 3.05) is 13.1 Å². The Kier molecular flexibility index (Phi) is 7.25. The minimum atomic E-state index is -2.22. The average Bonchev–Trinajstić information content (AvgIpc) is 3.33. The molecule has 4 rings (SSSR count). The summed E-state index contributed by atoms with van der Waals surface area (Å²) in [5.41, 5.74) is 6.58. The molecule has 0 saturated carbocycles. The second-order valence-corrected chi connectivity index (χ2v) is 12.3. The van der Waals surface area contributed by atoms with E-state index in [9.17, 15) is 9.00 Å². The first-order valence-corrected chi connectivity index (χ1v) is 13.2. The summed E-state index contributed by atoms with van der Waals surface area (Å²) in [5, 5.41) is 8.98. The van der Waals surface area contributed by atoms with E-state index in [-0.39, 0.29) is 6.54 Å². The highest BCUT2D eigenvalue weighted by Crippen LogP contribution is 2.38. The fourth-order valence-corrected chi connectivity index (χ4v) is 6.49. The molecule has 0 amide bonds. The van der Waals surface area contributed by atoms with Crippen LogP contribution in [0.5, 0.6) is 0 Å². The lowest BCUT2D eigenvalue weighted by Gasteiger charge is -2.30. The molecule has 0 radical (unpaired) electrons. The number of nitrogens with zero attached hydrogens (tertiary/aromatic N) is 2. The first-order chi connectivity index (χ1) is 14.9. The summed E-state index contributed by atoms with van der Waals surface area (Å²) in [7, 11) is -2.22. The van der Waals surface area contributed by atoms with Gasteiger partial charge in [0.25, 0.3) is 0 Å². The van der Waals surface area contributed by atoms with Crippen LogP contribution >= 0.6 is 0 Å². The molecule has 1 aliphatic carbocycles. The van der Waals surface area contributed by atoms with Gasteiger partial charge in [-0.3, -0.25) is 4.79 Å². The van der Waals surface area contributed by atoms with Crippen LogP contribution in [0.3, 0.4) is 0 Å². The monoisotopic (exact) mass is 458 g/mol. The van der Waals surface area contributed by atoms with Crippen molar-refractivity contribution in [3.05, 3.63) is 52.3 Å². The molecule has 6 heteroatoms. The standard InChI is InChI=1S/C14H21NO2.C12H17NOS/c1-9-10(2)15(8-13(16)17)12-5-6-14(3,4)7-11(9)12;1-11-5-7-12(8-6-11)15(2,14)13-9-3-4-10-13/h5-8H2,1-4H3,(H,16,17);5-8H,2-4,9-10H2,1H3. The molecule has 1 aromatic heterocycles. The molecule has 0 spiro atoms. The summed E-state index contributed by atoms with van der Waals surface area (Å²) < 4.78 is 16.5. The highest BCUT2D eigenvalue weighted by Gasteiger charge is 2.30. The lowest BCUT2D eigenvalue weighted by Crippen LogP contribution is -2.27. The van der Waals surface area contributed by atoms with Gasteiger partial charge in [0, 0.05) is 29.4 Å². The predicted molar refractivity (Wildman–Crippen MR) is 133 cm³/mol. The van der Waals surface area contributed by atoms with Gasteiger partial charge in [-0.05, 0) is 87.4 Å². The van der Waals surface area contributed by atoms with Gasteiger partial charge < -0.3 is 9.67 Å². The highest BCUT2D eigenvalue weighted by molar-refractivity contribution is 7.98. The van der Waals surface area contributed by atoms with Gasteiger partial charge in [-0.2, -0.15) is 0 Å². The van der Waals surface area contributed by atoms with E-state index in [4.69, 9.17) is 5.11 Å². The number of carbonyl (C=O) groups is 1. The molecule has 1 atom stereocenters. The fraction of sp³-hybridized carbons (Fsp3) is 0.538. The molecule has 176 valence electrons. The largest absolute Gasteiger partial charge is 0.480 e. The summed E-state index contributed by atoms with van der Waals surface area (Å²) in [6.45, 7) is 12.7. The molecule has 2 aliphatic rings. The van der Waals surface area contributed by atoms with Gasteiger partial charge in [0.2, 0.25) is 0 Å². The maximum Gasteiger partial charge on any atom is 0.323 e. The van der Waals surface area contributed by atoms with Crippen LogP contribution in [0, 0.1) is 26.2 Å². The normalized spacial score (nSPS) is 19.5. The molecule has 1 aliphatic heterocycles. The molecule has 1 unspecified atom stereocenters. The lowest BCUT2D eigenvalue weighted by atomic mass is 9.75. The smallest absolute Gasteiger partial charge is 0.323 e. The fourth-order valence-electron chi connectivity index (χ4n) is 4.78. The number of rotatable bonds is 4. The van der Waals surface area contributed by atoms with Crippen LogP contribution in [-0.4, -0.2) is 43.1 Å². The highest BCUT2D eigenvalue weighted by atomic mass is 32.2. The minimum absolute atomic E-state index is 0.0996. The third-order valence-corrected chi connectivity index (χ3v) is 9.14. The lowest BCUT2D eigenvalue weighted by molar-refractivity contribution is -0.137. The van der Waals surface area contributed by atoms with Crippen molar-refractivity contribution in [2.45, 2.75) is 78.2 Å². The molecule has 2 heterocycles. The van der Waals surface area contributed by atoms with Gasteiger partial charge in [-0.1, -0.05) is 31.5 Å². The van der Waals surface area contributed by atoms with Crippen LogP contribution in [0.2, 0.25) is 0 Å². The zero-order chi connectivity index (χ0) is 23.7. The van der Waals surface area contributed by atoms with Gasteiger partial charge in [0.15, 0.2) is 0 Å². The maximum absolute atomic E-state index is 12.5. The van der Waals surface area contributed by atoms with E-state index in [1.54, 1.807) is 0 Å². The number of hydrogen-bond donors (Lipinski definition) is 1. The Labute approximate surface area is 193 Å². The molecule has 1 N–H and O–H groups in total. The molecular weight excluding hydrogens is 420 g/mol. The third kappa shape index (κ3) is 5.29. The van der Waals surface area contributed by atoms with E-state index in [0.29, 0.717) is 5.41 Å². The van der Waals surface area contributed by atoms with Crippen LogP contribution in [0.25, 0.3) is 0 Å². The zero-order valence-electron chi connectivity index (χ0n) is 20.2. The molecule has 1 aromatic carbocycles. The summed E-state index contributed by atoms with van der Waals surface area (Å²) in [6.07, 6.45) is 5.49. The van der Waals surface area contributed by atoms with Crippen molar-refractivity contribution >= 4 is 21.5 Å². The molecule has 1 fully saturated rings. The molecule has 5 nitrogen and oxygen atoms in total. The Balaban J connectivity index is 0.000000182. The van der Waals surface area contributed by atoms with E-state index in [0.717, 1.165) is 55.8 Å². The van der Waals surface area contributed by atoms with E-state index in [1.807, 2.05) is 47.0 Å². The number of hydrogen-bond acceptors (Lipinski definition) is 2. The number of aromatic nitrogens is 1. The molecule has 32 heavy (non-hydrogen) atoms. The first-order valence-electron chi connectivity index (χ1n) is 11.5. The third-order valence-electron chi connectivity index (χ3n) is 6.93. The quantitative estimate of drug-likeness (QED) is 0.671. The zero-order valence-corrected chi connectivity index (χ0v) is 21.1. The van der Waals surface area contributed by atoms with Crippen molar-refractivity contribution in [1.29, 1.82) is 0 Å². The molecular formula is C26H38N2O3S. The van der Waals surface area contributed by atoms with Crippen molar-refractivity contribution in [3.8, 4) is 0 Å². The predicted octanol–water partition coefficient (Wildman–Crippen LogP) is 4.79. The second-order valence-electron chi connectivity index (χ2n) is 10.0. The Morgan fingerprint density at radius 1 is 1.12 bits per heavy atom. The molecule has 0 bridgehead atoms. The Morgan fingerprint density at radius 2 is 1.72 bits per heavy atom. The molecule has 2 aromatic rings. The van der Waals surface area contributed by atoms with Gasteiger partial charge in [0.1, 0.15) is 6.54 Å². The molecule has 1 saturated heterocycles. The van der Waals surface area contributed by atoms with Crippen LogP contribution in [0.1, 0.15) is 61.2 Å². The number of carboxylic acid groups (broad SMARTS) is 1. The van der Waals surface area contributed by atoms with Gasteiger partial charge >= 0.3 is 5.97 Å². The summed E-state index contributed by atoms with van der Waals surface area (Å²) in [5.74, 6) is 3.15. The Hall–Kier alpha value is -2.05. The van der Waals surface area contributed by atoms with Gasteiger partial charge in [0.05, 0.1) is 9.71 Å². The topological polar surface area (TPSA) is 62.5 Å². The van der Waals surface area contributed by atoms with Crippen LogP contribution < -0.4 is 0 Å². The van der Waals surface area contributed by atoms with Crippen molar-refractivity contribution in [1.82, 2.24) is 8.87 Å². The maximum atomic E-state index is 12.5. The van der Waals surface area contributed by atoms with Gasteiger partial charge in [-0.15, -0.1) is 0 Å². The average molecular weight is 459 g/mol. The van der Waals surface area contributed by atoms with Crippen LogP contribution in [0.4, 0.5) is 0 Å². The SMILES string of the molecule is C=S(=O)(c1ccc(C)cc1)N1CCCC1.Cc1c2c(n(CC(=O)O)c1C)CCC(C)(C)C2. The summed E-state index contributed by atoms with van der Waals surface area (Å²) in [4.78, 5) is 11.8. The van der Waals surface area contributed by atoms with Crippen molar-refractivity contribution in [2.24, 2.45) is 5.41 Å². The van der Waals surface area contributed by atoms with E-state index in [1.165, 1.54) is 22.4 Å². The number of benzene rings is 1. The van der Waals surface area contributed by atoms with Crippen LogP contribution in [0.15, 0.2) is 29.2 Å². The van der Waals surface area contributed by atoms with Gasteiger partial charge in [-0.25, -0.2) is 8.51 Å². The number of aryl methyl sites for hydroxylation is 1. The summed E-state index contributed by atoms with van der Waals surface area (Å²) in [6, 6.07) is 7.86. The first kappa shape index (κ1) is 24.6. The Morgan fingerprint density at radius 3 is 2.28 bits per heavy atom. The van der Waals surface area contributed by atoms with Crippen LogP contribution in [-0.2, 0) is 33.9 Å². The second kappa shape index (κ2) is 9.44. The van der Waals surface area contributed by atoms with Crippen molar-refractivity contribution < 1.29 is 14.1 Å². The van der Waals surface area contributed by atoms with E-state index >= 15 is 0 Å². The van der Waals surface area contributed by atoms with Crippen molar-refractivity contribution in [3.63, 3.8) is 0 Å². The number of fused-ring (bicyclic) bond motifs is 1. The number of carboxylic acids is 1. The van der Waals surface area contributed by atoms with E-state index < -0.39 is 15.7 Å².